The van der Waals surface area contributed by atoms with Crippen LogP contribution in [0.2, 0.25) is 0 Å². The highest BCUT2D eigenvalue weighted by Crippen LogP contribution is 2.24. The Balaban J connectivity index is 1.53. The van der Waals surface area contributed by atoms with Crippen molar-refractivity contribution >= 4 is 39.1 Å². The van der Waals surface area contributed by atoms with E-state index < -0.39 is 0 Å². The molecule has 3 rings (SSSR count). The smallest absolute Gasteiger partial charge is 0.311 e. The van der Waals surface area contributed by atoms with Crippen LogP contribution in [0.3, 0.4) is 0 Å². The Bertz CT molecular complexity index is 701. The van der Waals surface area contributed by atoms with Crippen LogP contribution < -0.4 is 0 Å². The van der Waals surface area contributed by atoms with Gasteiger partial charge in [0.05, 0.1) is 9.70 Å². The van der Waals surface area contributed by atoms with Crippen LogP contribution in [0.25, 0.3) is 0 Å². The van der Waals surface area contributed by atoms with Gasteiger partial charge in [-0.15, -0.1) is 11.3 Å². The van der Waals surface area contributed by atoms with Gasteiger partial charge in [-0.05, 0) is 32.9 Å². The van der Waals surface area contributed by atoms with E-state index in [9.17, 15) is 9.59 Å². The molecule has 0 radical (unpaired) electrons. The number of likely N-dealkylation sites (tertiary alicyclic amines) is 1. The largest absolute Gasteiger partial charge is 0.461 e. The first-order valence-corrected chi connectivity index (χ1v) is 9.00. The van der Waals surface area contributed by atoms with E-state index in [-0.39, 0.29) is 30.8 Å². The molecule has 0 bridgehead atoms. The highest BCUT2D eigenvalue weighted by Gasteiger charge is 2.35. The maximum absolute atomic E-state index is 12.2. The van der Waals surface area contributed by atoms with Crippen LogP contribution in [0, 0.1) is 5.92 Å². The van der Waals surface area contributed by atoms with Gasteiger partial charge in [-0.25, -0.2) is 0 Å². The Kier molecular flexibility index (Phi) is 5.13. The molecule has 1 fully saturated rings. The number of carbonyl (C=O) groups is 2. The van der Waals surface area contributed by atoms with Gasteiger partial charge in [0.1, 0.15) is 6.61 Å². The van der Waals surface area contributed by atoms with E-state index in [0.29, 0.717) is 13.1 Å². The van der Waals surface area contributed by atoms with Crippen LogP contribution in [0.15, 0.2) is 45.6 Å². The SMILES string of the molecule is O=C(OCc1csc(Br)c1)C1CC(=O)N(Cc2ccccc2)C1. The number of rotatable bonds is 5. The van der Waals surface area contributed by atoms with Gasteiger partial charge >= 0.3 is 5.97 Å². The molecule has 1 aliphatic rings. The lowest BCUT2D eigenvalue weighted by molar-refractivity contribution is -0.149. The van der Waals surface area contributed by atoms with Crippen molar-refractivity contribution in [1.29, 1.82) is 0 Å². The normalized spacial score (nSPS) is 17.5. The number of ether oxygens (including phenoxy) is 1. The second-order valence-corrected chi connectivity index (χ2v) is 7.82. The lowest BCUT2D eigenvalue weighted by Crippen LogP contribution is -2.26. The predicted octanol–water partition coefficient (Wildman–Crippen LogP) is 3.60. The number of thiophene rings is 1. The summed E-state index contributed by atoms with van der Waals surface area (Å²) in [5.74, 6) is -0.654. The number of hydrogen-bond acceptors (Lipinski definition) is 4. The van der Waals surface area contributed by atoms with Crippen LogP contribution in [-0.4, -0.2) is 23.3 Å². The first kappa shape index (κ1) is 16.2. The van der Waals surface area contributed by atoms with Gasteiger partial charge < -0.3 is 9.64 Å². The third-order valence-corrected chi connectivity index (χ3v) is 5.32. The van der Waals surface area contributed by atoms with Gasteiger partial charge in [-0.2, -0.15) is 0 Å². The van der Waals surface area contributed by atoms with Gasteiger partial charge in [-0.1, -0.05) is 30.3 Å². The first-order valence-electron chi connectivity index (χ1n) is 7.33. The molecular weight excluding hydrogens is 378 g/mol. The van der Waals surface area contributed by atoms with Gasteiger partial charge in [-0.3, -0.25) is 9.59 Å². The number of amides is 1. The zero-order chi connectivity index (χ0) is 16.2. The number of carbonyl (C=O) groups excluding carboxylic acids is 2. The summed E-state index contributed by atoms with van der Waals surface area (Å²) in [7, 11) is 0. The minimum Gasteiger partial charge on any atom is -0.461 e. The summed E-state index contributed by atoms with van der Waals surface area (Å²) in [6.45, 7) is 1.23. The van der Waals surface area contributed by atoms with Crippen molar-refractivity contribution in [2.75, 3.05) is 6.54 Å². The van der Waals surface area contributed by atoms with Crippen molar-refractivity contribution in [3.63, 3.8) is 0 Å². The Morgan fingerprint density at radius 2 is 2.09 bits per heavy atom. The minimum absolute atomic E-state index is 0.00841. The van der Waals surface area contributed by atoms with Crippen molar-refractivity contribution in [3.8, 4) is 0 Å². The molecule has 0 spiro atoms. The summed E-state index contributed by atoms with van der Waals surface area (Å²) in [4.78, 5) is 26.0. The summed E-state index contributed by atoms with van der Waals surface area (Å²) >= 11 is 4.93. The van der Waals surface area contributed by atoms with E-state index in [1.165, 1.54) is 0 Å². The molecule has 2 heterocycles. The fourth-order valence-corrected chi connectivity index (χ4v) is 3.77. The Hall–Kier alpha value is -1.66. The molecule has 120 valence electrons. The maximum atomic E-state index is 12.2. The second-order valence-electron chi connectivity index (χ2n) is 5.53. The summed E-state index contributed by atoms with van der Waals surface area (Å²) < 4.78 is 6.35. The second kappa shape index (κ2) is 7.27. The van der Waals surface area contributed by atoms with E-state index in [0.717, 1.165) is 14.9 Å². The molecule has 1 aromatic carbocycles. The number of halogens is 1. The molecule has 6 heteroatoms. The van der Waals surface area contributed by atoms with Crippen molar-refractivity contribution in [3.05, 3.63) is 56.7 Å². The maximum Gasteiger partial charge on any atom is 0.311 e. The van der Waals surface area contributed by atoms with Gasteiger partial charge in [0.25, 0.3) is 0 Å². The van der Waals surface area contributed by atoms with E-state index in [4.69, 9.17) is 4.74 Å². The molecule has 1 atom stereocenters. The summed E-state index contributed by atoms with van der Waals surface area (Å²) in [5.41, 5.74) is 2.03. The molecule has 1 aliphatic heterocycles. The van der Waals surface area contributed by atoms with Crippen LogP contribution in [-0.2, 0) is 27.5 Å². The van der Waals surface area contributed by atoms with Crippen molar-refractivity contribution in [2.24, 2.45) is 5.92 Å². The van der Waals surface area contributed by atoms with Crippen LogP contribution in [0.1, 0.15) is 17.5 Å². The summed E-state index contributed by atoms with van der Waals surface area (Å²) in [6.07, 6.45) is 0.235. The Morgan fingerprint density at radius 1 is 1.30 bits per heavy atom. The highest BCUT2D eigenvalue weighted by atomic mass is 79.9. The highest BCUT2D eigenvalue weighted by molar-refractivity contribution is 9.11. The average Bonchev–Trinajstić information content (AvgIpc) is 3.12. The van der Waals surface area contributed by atoms with Crippen molar-refractivity contribution < 1.29 is 14.3 Å². The zero-order valence-electron chi connectivity index (χ0n) is 12.4. The molecule has 2 aromatic rings. The van der Waals surface area contributed by atoms with E-state index >= 15 is 0 Å². The monoisotopic (exact) mass is 393 g/mol. The molecule has 0 saturated carbocycles. The van der Waals surface area contributed by atoms with Crippen LogP contribution >= 0.6 is 27.3 Å². The third-order valence-electron chi connectivity index (χ3n) is 3.77. The zero-order valence-corrected chi connectivity index (χ0v) is 14.8. The van der Waals surface area contributed by atoms with Gasteiger partial charge in [0, 0.05) is 25.1 Å². The molecule has 1 amide bonds. The molecule has 0 N–H and O–H groups in total. The fraction of sp³-hybridized carbons (Fsp3) is 0.294. The molecule has 1 unspecified atom stereocenters. The summed E-state index contributed by atoms with van der Waals surface area (Å²) in [5, 5.41) is 1.94. The Labute approximate surface area is 147 Å². The van der Waals surface area contributed by atoms with Crippen LogP contribution in [0.5, 0.6) is 0 Å². The molecule has 1 saturated heterocycles. The minimum atomic E-state index is -0.367. The molecule has 0 aliphatic carbocycles. The third kappa shape index (κ3) is 4.20. The fourth-order valence-electron chi connectivity index (χ4n) is 2.58. The number of nitrogens with zero attached hydrogens (tertiary/aromatic N) is 1. The van der Waals surface area contributed by atoms with Crippen molar-refractivity contribution in [1.82, 2.24) is 4.90 Å². The lowest BCUT2D eigenvalue weighted by atomic mass is 10.1. The lowest BCUT2D eigenvalue weighted by Gasteiger charge is -2.16. The quantitative estimate of drug-likeness (QED) is 0.728. The number of benzene rings is 1. The van der Waals surface area contributed by atoms with Gasteiger partial charge in [0.15, 0.2) is 0 Å². The molecule has 23 heavy (non-hydrogen) atoms. The van der Waals surface area contributed by atoms with Crippen molar-refractivity contribution in [2.45, 2.75) is 19.6 Å². The molecular formula is C17H16BrNO3S. The predicted molar refractivity (Wildman–Crippen MR) is 91.8 cm³/mol. The van der Waals surface area contributed by atoms with E-state index in [2.05, 4.69) is 15.9 Å². The van der Waals surface area contributed by atoms with E-state index in [1.807, 2.05) is 41.8 Å². The first-order chi connectivity index (χ1) is 11.1. The number of hydrogen-bond donors (Lipinski definition) is 0. The standard InChI is InChI=1S/C17H16BrNO3S/c18-15-6-13(11-23-15)10-22-17(21)14-7-16(20)19(9-14)8-12-4-2-1-3-5-12/h1-6,11,14H,7-10H2. The Morgan fingerprint density at radius 3 is 2.78 bits per heavy atom. The molecule has 1 aromatic heterocycles. The molecule has 4 nitrogen and oxygen atoms in total. The van der Waals surface area contributed by atoms with Gasteiger partial charge in [0.2, 0.25) is 5.91 Å². The average molecular weight is 394 g/mol. The van der Waals surface area contributed by atoms with E-state index in [1.54, 1.807) is 16.2 Å². The van der Waals surface area contributed by atoms with Crippen LogP contribution in [0.4, 0.5) is 0 Å². The number of esters is 1. The topological polar surface area (TPSA) is 46.6 Å². The summed E-state index contributed by atoms with van der Waals surface area (Å²) in [6, 6.07) is 11.7.